The van der Waals surface area contributed by atoms with E-state index in [1.807, 2.05) is 6.07 Å². The third-order valence-corrected chi connectivity index (χ3v) is 4.43. The number of hydrogen-bond donors (Lipinski definition) is 3. The molecule has 0 atom stereocenters. The van der Waals surface area contributed by atoms with Crippen molar-refractivity contribution in [2.45, 2.75) is 6.42 Å². The lowest BCUT2D eigenvalue weighted by atomic mass is 10.2. The molecular formula is C22H28N4O5. The Hall–Kier alpha value is -3.43. The van der Waals surface area contributed by atoms with E-state index in [-0.39, 0.29) is 24.8 Å². The van der Waals surface area contributed by atoms with Crippen LogP contribution in [0.2, 0.25) is 0 Å². The van der Waals surface area contributed by atoms with Gasteiger partial charge in [-0.25, -0.2) is 0 Å². The van der Waals surface area contributed by atoms with E-state index >= 15 is 0 Å². The van der Waals surface area contributed by atoms with Gasteiger partial charge in [0.25, 0.3) is 5.91 Å². The molecule has 0 saturated carbocycles. The van der Waals surface area contributed by atoms with E-state index in [0.717, 1.165) is 0 Å². The van der Waals surface area contributed by atoms with Gasteiger partial charge in [0.2, 0.25) is 11.8 Å². The number of nitrogens with one attached hydrogen (secondary N) is 2. The molecule has 0 aliphatic carbocycles. The third kappa shape index (κ3) is 8.07. The molecule has 0 fully saturated rings. The Balaban J connectivity index is 1.88. The van der Waals surface area contributed by atoms with Gasteiger partial charge in [0.15, 0.2) is 0 Å². The molecule has 0 spiro atoms. The molecule has 3 amide bonds. The zero-order chi connectivity index (χ0) is 22.6. The molecule has 166 valence electrons. The second-order valence-electron chi connectivity index (χ2n) is 6.77. The standard InChI is InChI=1S/C22H28N4O5/c1-30-14-13-26(15-20(23)27)12-11-21(28)24-17-9-7-16(8-10-17)22(29)25-18-5-3-4-6-19(18)31-2/h3-10H,11-15H2,1-2H3,(H2,23,27)(H,24,28)(H,25,29). The van der Waals surface area contributed by atoms with Crippen LogP contribution in [0.15, 0.2) is 48.5 Å². The van der Waals surface area contributed by atoms with Crippen LogP contribution in [0.4, 0.5) is 11.4 Å². The van der Waals surface area contributed by atoms with Crippen LogP contribution in [-0.4, -0.2) is 63.1 Å². The maximum Gasteiger partial charge on any atom is 0.255 e. The van der Waals surface area contributed by atoms with E-state index < -0.39 is 5.91 Å². The van der Waals surface area contributed by atoms with E-state index in [9.17, 15) is 14.4 Å². The van der Waals surface area contributed by atoms with Gasteiger partial charge in [0.1, 0.15) is 5.75 Å². The van der Waals surface area contributed by atoms with Crippen molar-refractivity contribution in [2.24, 2.45) is 5.73 Å². The molecule has 0 heterocycles. The minimum atomic E-state index is -0.460. The van der Waals surface area contributed by atoms with E-state index in [1.54, 1.807) is 54.5 Å². The maximum absolute atomic E-state index is 12.5. The lowest BCUT2D eigenvalue weighted by Gasteiger charge is -2.19. The topological polar surface area (TPSA) is 123 Å². The van der Waals surface area contributed by atoms with E-state index in [2.05, 4.69) is 10.6 Å². The molecule has 0 radical (unpaired) electrons. The highest BCUT2D eigenvalue weighted by molar-refractivity contribution is 6.05. The molecule has 0 aromatic heterocycles. The molecule has 0 unspecified atom stereocenters. The molecule has 2 rings (SSSR count). The lowest BCUT2D eigenvalue weighted by molar-refractivity contribution is -0.120. The average molecular weight is 428 g/mol. The molecule has 9 nitrogen and oxygen atoms in total. The first-order valence-electron chi connectivity index (χ1n) is 9.76. The number of carbonyl (C=O) groups excluding carboxylic acids is 3. The Morgan fingerprint density at radius 3 is 2.32 bits per heavy atom. The lowest BCUT2D eigenvalue weighted by Crippen LogP contribution is -2.37. The molecule has 4 N–H and O–H groups in total. The van der Waals surface area contributed by atoms with Gasteiger partial charge in [-0.05, 0) is 36.4 Å². The number of rotatable bonds is 12. The molecule has 2 aromatic carbocycles. The van der Waals surface area contributed by atoms with Crippen molar-refractivity contribution >= 4 is 29.1 Å². The highest BCUT2D eigenvalue weighted by Gasteiger charge is 2.12. The highest BCUT2D eigenvalue weighted by atomic mass is 16.5. The van der Waals surface area contributed by atoms with Gasteiger partial charge in [-0.1, -0.05) is 12.1 Å². The number of nitrogens with two attached hydrogens (primary N) is 1. The summed E-state index contributed by atoms with van der Waals surface area (Å²) in [5.41, 5.74) is 6.82. The summed E-state index contributed by atoms with van der Waals surface area (Å²) >= 11 is 0. The van der Waals surface area contributed by atoms with E-state index in [1.165, 1.54) is 7.11 Å². The molecule has 2 aromatic rings. The first kappa shape index (κ1) is 23.8. The van der Waals surface area contributed by atoms with Gasteiger partial charge in [0, 0.05) is 37.9 Å². The number of hydrogen-bond acceptors (Lipinski definition) is 6. The fourth-order valence-electron chi connectivity index (χ4n) is 2.84. The SMILES string of the molecule is COCCN(CCC(=O)Nc1ccc(C(=O)Nc2ccccc2OC)cc1)CC(N)=O. The summed E-state index contributed by atoms with van der Waals surface area (Å²) in [6.07, 6.45) is 0.188. The zero-order valence-electron chi connectivity index (χ0n) is 17.7. The summed E-state index contributed by atoms with van der Waals surface area (Å²) < 4.78 is 10.2. The fraction of sp³-hybridized carbons (Fsp3) is 0.318. The molecular weight excluding hydrogens is 400 g/mol. The van der Waals surface area contributed by atoms with Crippen LogP contribution in [0.3, 0.4) is 0 Å². The number of anilines is 2. The number of amides is 3. The summed E-state index contributed by atoms with van der Waals surface area (Å²) in [6.45, 7) is 1.38. The Morgan fingerprint density at radius 1 is 0.968 bits per heavy atom. The van der Waals surface area contributed by atoms with Crippen LogP contribution in [0.25, 0.3) is 0 Å². The van der Waals surface area contributed by atoms with E-state index in [4.69, 9.17) is 15.2 Å². The summed E-state index contributed by atoms with van der Waals surface area (Å²) in [6, 6.07) is 13.7. The third-order valence-electron chi connectivity index (χ3n) is 4.43. The van der Waals surface area contributed by atoms with Crippen LogP contribution in [0.5, 0.6) is 5.75 Å². The second kappa shape index (κ2) is 12.3. The van der Waals surface area contributed by atoms with Crippen molar-refractivity contribution in [2.75, 3.05) is 51.1 Å². The second-order valence-corrected chi connectivity index (χ2v) is 6.77. The van der Waals surface area contributed by atoms with Crippen molar-refractivity contribution < 1.29 is 23.9 Å². The van der Waals surface area contributed by atoms with Crippen molar-refractivity contribution in [3.63, 3.8) is 0 Å². The Morgan fingerprint density at radius 2 is 1.68 bits per heavy atom. The number of carbonyl (C=O) groups is 3. The largest absolute Gasteiger partial charge is 0.495 e. The zero-order valence-corrected chi connectivity index (χ0v) is 17.7. The first-order chi connectivity index (χ1) is 14.9. The number of nitrogens with zero attached hydrogens (tertiary/aromatic N) is 1. The Bertz CT molecular complexity index is 886. The van der Waals surface area contributed by atoms with Crippen LogP contribution < -0.4 is 21.1 Å². The fourth-order valence-corrected chi connectivity index (χ4v) is 2.84. The summed E-state index contributed by atoms with van der Waals surface area (Å²) in [5, 5.41) is 5.57. The predicted octanol–water partition coefficient (Wildman–Crippen LogP) is 1.71. The average Bonchev–Trinajstić information content (AvgIpc) is 2.76. The molecule has 0 aliphatic rings. The van der Waals surface area contributed by atoms with Crippen molar-refractivity contribution in [1.29, 1.82) is 0 Å². The predicted molar refractivity (Wildman–Crippen MR) is 118 cm³/mol. The van der Waals surface area contributed by atoms with Crippen molar-refractivity contribution in [1.82, 2.24) is 4.90 Å². The number of para-hydroxylation sites is 2. The normalized spacial score (nSPS) is 10.5. The molecule has 0 aliphatic heterocycles. The van der Waals surface area contributed by atoms with Crippen LogP contribution in [-0.2, 0) is 14.3 Å². The minimum Gasteiger partial charge on any atom is -0.495 e. The van der Waals surface area contributed by atoms with Gasteiger partial charge in [-0.3, -0.25) is 19.3 Å². The molecule has 0 bridgehead atoms. The Kier molecular flexibility index (Phi) is 9.47. The first-order valence-corrected chi connectivity index (χ1v) is 9.76. The van der Waals surface area contributed by atoms with E-state index in [0.29, 0.717) is 42.4 Å². The van der Waals surface area contributed by atoms with Gasteiger partial charge in [0.05, 0.1) is 25.9 Å². The number of primary amides is 1. The quantitative estimate of drug-likeness (QED) is 0.473. The molecule has 31 heavy (non-hydrogen) atoms. The van der Waals surface area contributed by atoms with Crippen LogP contribution in [0, 0.1) is 0 Å². The van der Waals surface area contributed by atoms with Crippen molar-refractivity contribution in [3.05, 3.63) is 54.1 Å². The monoisotopic (exact) mass is 428 g/mol. The summed E-state index contributed by atoms with van der Waals surface area (Å²) in [5.74, 6) is -0.394. The van der Waals surface area contributed by atoms with Gasteiger partial charge in [-0.15, -0.1) is 0 Å². The molecule has 9 heteroatoms. The number of ether oxygens (including phenoxy) is 2. The van der Waals surface area contributed by atoms with Gasteiger partial charge in [-0.2, -0.15) is 0 Å². The summed E-state index contributed by atoms with van der Waals surface area (Å²) in [7, 11) is 3.10. The maximum atomic E-state index is 12.5. The minimum absolute atomic E-state index is 0.0622. The van der Waals surface area contributed by atoms with Crippen LogP contribution in [0.1, 0.15) is 16.8 Å². The highest BCUT2D eigenvalue weighted by Crippen LogP contribution is 2.23. The van der Waals surface area contributed by atoms with Crippen molar-refractivity contribution in [3.8, 4) is 5.75 Å². The Labute approximate surface area is 181 Å². The van der Waals surface area contributed by atoms with Gasteiger partial charge >= 0.3 is 0 Å². The smallest absolute Gasteiger partial charge is 0.255 e. The number of methoxy groups -OCH3 is 2. The van der Waals surface area contributed by atoms with Gasteiger partial charge < -0.3 is 25.8 Å². The summed E-state index contributed by atoms with van der Waals surface area (Å²) in [4.78, 5) is 37.6. The molecule has 0 saturated heterocycles. The van der Waals surface area contributed by atoms with Crippen LogP contribution >= 0.6 is 0 Å². The number of benzene rings is 2.